The molecule has 1 rings (SSSR count). The number of carboxylic acid groups (broad SMARTS) is 1. The zero-order chi connectivity index (χ0) is 13.5. The molecule has 6 nitrogen and oxygen atoms in total. The monoisotopic (exact) mass is 271 g/mol. The molecule has 0 spiro atoms. The van der Waals surface area contributed by atoms with E-state index < -0.39 is 5.97 Å². The molecule has 0 fully saturated rings. The zero-order valence-corrected chi connectivity index (χ0v) is 11.3. The molecule has 0 bridgehead atoms. The minimum Gasteiger partial charge on any atom is -0.476 e. The number of aromatic nitrogens is 1. The molecule has 100 valence electrons. The fourth-order valence-electron chi connectivity index (χ4n) is 1.44. The largest absolute Gasteiger partial charge is 0.476 e. The van der Waals surface area contributed by atoms with Crippen molar-refractivity contribution in [3.05, 3.63) is 16.1 Å². The van der Waals surface area contributed by atoms with Gasteiger partial charge in [0, 0.05) is 18.5 Å². The number of carbonyl (C=O) groups excluding carboxylic acids is 1. The SMILES string of the molecule is CCNC(=O)CN(CC)Cc1csc(C(=O)O)n1. The van der Waals surface area contributed by atoms with E-state index in [0.29, 0.717) is 31.9 Å². The summed E-state index contributed by atoms with van der Waals surface area (Å²) in [7, 11) is 0. The Morgan fingerprint density at radius 3 is 2.72 bits per heavy atom. The summed E-state index contributed by atoms with van der Waals surface area (Å²) in [5, 5.41) is 13.3. The van der Waals surface area contributed by atoms with Gasteiger partial charge in [-0.05, 0) is 13.5 Å². The number of thiazole rings is 1. The molecule has 7 heteroatoms. The van der Waals surface area contributed by atoms with Crippen molar-refractivity contribution in [1.82, 2.24) is 15.2 Å². The smallest absolute Gasteiger partial charge is 0.365 e. The number of aromatic carboxylic acids is 1. The maximum Gasteiger partial charge on any atom is 0.365 e. The van der Waals surface area contributed by atoms with Crippen LogP contribution in [0.25, 0.3) is 0 Å². The highest BCUT2D eigenvalue weighted by Gasteiger charge is 2.13. The maximum absolute atomic E-state index is 11.5. The minimum atomic E-state index is -1.02. The van der Waals surface area contributed by atoms with Crippen molar-refractivity contribution in [2.45, 2.75) is 20.4 Å². The van der Waals surface area contributed by atoms with E-state index in [0.717, 1.165) is 11.3 Å². The molecule has 0 saturated heterocycles. The van der Waals surface area contributed by atoms with Crippen molar-refractivity contribution in [2.24, 2.45) is 0 Å². The first kappa shape index (κ1) is 14.6. The quantitative estimate of drug-likeness (QED) is 0.766. The van der Waals surface area contributed by atoms with E-state index in [1.165, 1.54) is 0 Å². The van der Waals surface area contributed by atoms with Crippen molar-refractivity contribution in [3.8, 4) is 0 Å². The third kappa shape index (κ3) is 4.42. The van der Waals surface area contributed by atoms with Crippen LogP contribution in [0.5, 0.6) is 0 Å². The van der Waals surface area contributed by atoms with Crippen LogP contribution in [-0.4, -0.2) is 46.5 Å². The number of carbonyl (C=O) groups is 2. The van der Waals surface area contributed by atoms with Crippen LogP contribution in [0.2, 0.25) is 0 Å². The second-order valence-electron chi connectivity index (χ2n) is 3.71. The van der Waals surface area contributed by atoms with E-state index >= 15 is 0 Å². The van der Waals surface area contributed by atoms with Gasteiger partial charge in [0.25, 0.3) is 0 Å². The van der Waals surface area contributed by atoms with E-state index in [9.17, 15) is 9.59 Å². The number of carboxylic acids is 1. The predicted octanol–water partition coefficient (Wildman–Crippen LogP) is 0.799. The highest BCUT2D eigenvalue weighted by Crippen LogP contribution is 2.11. The van der Waals surface area contributed by atoms with Crippen LogP contribution >= 0.6 is 11.3 Å². The van der Waals surface area contributed by atoms with E-state index in [4.69, 9.17) is 5.11 Å². The molecule has 1 heterocycles. The molecule has 0 radical (unpaired) electrons. The van der Waals surface area contributed by atoms with Crippen LogP contribution < -0.4 is 5.32 Å². The Morgan fingerprint density at radius 1 is 1.50 bits per heavy atom. The summed E-state index contributed by atoms with van der Waals surface area (Å²) in [4.78, 5) is 28.1. The number of nitrogens with one attached hydrogen (secondary N) is 1. The number of nitrogens with zero attached hydrogens (tertiary/aromatic N) is 2. The van der Waals surface area contributed by atoms with Gasteiger partial charge in [-0.25, -0.2) is 9.78 Å². The van der Waals surface area contributed by atoms with Gasteiger partial charge >= 0.3 is 5.97 Å². The molecule has 0 aliphatic rings. The molecule has 0 atom stereocenters. The summed E-state index contributed by atoms with van der Waals surface area (Å²) in [5.74, 6) is -1.05. The summed E-state index contributed by atoms with van der Waals surface area (Å²) in [6.07, 6.45) is 0. The Morgan fingerprint density at radius 2 is 2.22 bits per heavy atom. The number of hydrogen-bond donors (Lipinski definition) is 2. The molecule has 0 unspecified atom stereocenters. The first-order valence-electron chi connectivity index (χ1n) is 5.73. The van der Waals surface area contributed by atoms with E-state index in [1.54, 1.807) is 5.38 Å². The van der Waals surface area contributed by atoms with Gasteiger partial charge in [0.1, 0.15) is 0 Å². The van der Waals surface area contributed by atoms with Crippen LogP contribution in [0.3, 0.4) is 0 Å². The predicted molar refractivity (Wildman–Crippen MR) is 68.7 cm³/mol. The molecule has 0 aliphatic carbocycles. The van der Waals surface area contributed by atoms with Crippen LogP contribution in [0.4, 0.5) is 0 Å². The van der Waals surface area contributed by atoms with Crippen molar-refractivity contribution in [2.75, 3.05) is 19.6 Å². The summed E-state index contributed by atoms with van der Waals surface area (Å²) in [5.41, 5.74) is 0.684. The second-order valence-corrected chi connectivity index (χ2v) is 4.56. The van der Waals surface area contributed by atoms with Gasteiger partial charge in [0.15, 0.2) is 0 Å². The fourth-order valence-corrected chi connectivity index (χ4v) is 2.09. The molecule has 1 amide bonds. The molecule has 0 saturated carbocycles. The molecule has 1 aromatic heterocycles. The number of amides is 1. The first-order chi connectivity index (χ1) is 8.56. The summed E-state index contributed by atoms with van der Waals surface area (Å²) in [6, 6.07) is 0. The molecule has 1 aromatic rings. The van der Waals surface area contributed by atoms with E-state index in [2.05, 4.69) is 10.3 Å². The van der Waals surface area contributed by atoms with Gasteiger partial charge in [0.2, 0.25) is 10.9 Å². The van der Waals surface area contributed by atoms with Gasteiger partial charge < -0.3 is 10.4 Å². The average Bonchev–Trinajstić information content (AvgIpc) is 2.77. The minimum absolute atomic E-state index is 0.0342. The molecule has 0 aliphatic heterocycles. The molecule has 2 N–H and O–H groups in total. The number of rotatable bonds is 7. The van der Waals surface area contributed by atoms with Gasteiger partial charge in [-0.15, -0.1) is 11.3 Å². The highest BCUT2D eigenvalue weighted by molar-refractivity contribution is 7.11. The lowest BCUT2D eigenvalue weighted by Gasteiger charge is -2.18. The Hall–Kier alpha value is -1.47. The van der Waals surface area contributed by atoms with Gasteiger partial charge in [-0.2, -0.15) is 0 Å². The average molecular weight is 271 g/mol. The second kappa shape index (κ2) is 7.07. The normalized spacial score (nSPS) is 10.6. The van der Waals surface area contributed by atoms with Crippen LogP contribution in [0, 0.1) is 0 Å². The Balaban J connectivity index is 2.56. The molecule has 0 aromatic carbocycles. The van der Waals surface area contributed by atoms with E-state index in [-0.39, 0.29) is 10.9 Å². The lowest BCUT2D eigenvalue weighted by molar-refractivity contribution is -0.122. The van der Waals surface area contributed by atoms with Gasteiger partial charge in [0.05, 0.1) is 12.2 Å². The molecular weight excluding hydrogens is 254 g/mol. The van der Waals surface area contributed by atoms with E-state index in [1.807, 2.05) is 18.7 Å². The lowest BCUT2D eigenvalue weighted by Crippen LogP contribution is -2.36. The van der Waals surface area contributed by atoms with Crippen molar-refractivity contribution < 1.29 is 14.7 Å². The van der Waals surface area contributed by atoms with Crippen LogP contribution in [-0.2, 0) is 11.3 Å². The highest BCUT2D eigenvalue weighted by atomic mass is 32.1. The summed E-state index contributed by atoms with van der Waals surface area (Å²) < 4.78 is 0. The van der Waals surface area contributed by atoms with Gasteiger partial charge in [-0.1, -0.05) is 6.92 Å². The third-order valence-electron chi connectivity index (χ3n) is 2.31. The molecular formula is C11H17N3O3S. The Bertz CT molecular complexity index is 419. The van der Waals surface area contributed by atoms with Crippen molar-refractivity contribution in [1.29, 1.82) is 0 Å². The topological polar surface area (TPSA) is 82.5 Å². The molecule has 18 heavy (non-hydrogen) atoms. The number of likely N-dealkylation sites (N-methyl/N-ethyl adjacent to an activating group) is 2. The van der Waals surface area contributed by atoms with Crippen LogP contribution in [0.15, 0.2) is 5.38 Å². The zero-order valence-electron chi connectivity index (χ0n) is 10.5. The first-order valence-corrected chi connectivity index (χ1v) is 6.61. The Labute approximate surface area is 110 Å². The fraction of sp³-hybridized carbons (Fsp3) is 0.545. The van der Waals surface area contributed by atoms with Crippen molar-refractivity contribution >= 4 is 23.2 Å². The summed E-state index contributed by atoms with van der Waals surface area (Å²) in [6.45, 7) is 5.91. The third-order valence-corrected chi connectivity index (χ3v) is 3.19. The Kier molecular flexibility index (Phi) is 5.73. The lowest BCUT2D eigenvalue weighted by atomic mass is 10.4. The summed E-state index contributed by atoms with van der Waals surface area (Å²) >= 11 is 1.10. The van der Waals surface area contributed by atoms with Crippen LogP contribution in [0.1, 0.15) is 29.3 Å². The van der Waals surface area contributed by atoms with Gasteiger partial charge in [-0.3, -0.25) is 9.69 Å². The maximum atomic E-state index is 11.5. The number of hydrogen-bond acceptors (Lipinski definition) is 5. The van der Waals surface area contributed by atoms with Crippen molar-refractivity contribution in [3.63, 3.8) is 0 Å². The standard InChI is InChI=1S/C11H17N3O3S/c1-3-12-9(15)6-14(4-2)5-8-7-18-10(13-8)11(16)17/h7H,3-6H2,1-2H3,(H,12,15)(H,16,17).